The highest BCUT2D eigenvalue weighted by atomic mass is 16.4. The molecule has 1 aliphatic heterocycles. The van der Waals surface area contributed by atoms with Gasteiger partial charge in [-0.25, -0.2) is 0 Å². The molecule has 1 fully saturated rings. The lowest BCUT2D eigenvalue weighted by molar-refractivity contribution is -0.140. The molecule has 4 nitrogen and oxygen atoms in total. The van der Waals surface area contributed by atoms with Crippen molar-refractivity contribution in [3.05, 3.63) is 0 Å². The fourth-order valence-corrected chi connectivity index (χ4v) is 2.74. The van der Waals surface area contributed by atoms with E-state index in [0.29, 0.717) is 30.3 Å². The molecular weight excluding hydrogens is 228 g/mol. The maximum Gasteiger partial charge on any atom is 0.320 e. The quantitative estimate of drug-likeness (QED) is 0.787. The van der Waals surface area contributed by atoms with E-state index in [-0.39, 0.29) is 0 Å². The number of carbonyl (C=O) groups is 1. The van der Waals surface area contributed by atoms with E-state index in [4.69, 9.17) is 0 Å². The Balaban J connectivity index is 2.60. The zero-order valence-electron chi connectivity index (χ0n) is 12.3. The van der Waals surface area contributed by atoms with E-state index < -0.39 is 12.0 Å². The van der Waals surface area contributed by atoms with Crippen LogP contribution in [0.25, 0.3) is 0 Å². The van der Waals surface area contributed by atoms with Gasteiger partial charge < -0.3 is 15.3 Å². The van der Waals surface area contributed by atoms with E-state index in [1.54, 1.807) is 0 Å². The van der Waals surface area contributed by atoms with Gasteiger partial charge in [-0.1, -0.05) is 20.8 Å². The van der Waals surface area contributed by atoms with E-state index >= 15 is 0 Å². The van der Waals surface area contributed by atoms with E-state index in [9.17, 15) is 9.90 Å². The number of hydrogen-bond acceptors (Lipinski definition) is 3. The zero-order chi connectivity index (χ0) is 13.9. The molecule has 2 N–H and O–H groups in total. The van der Waals surface area contributed by atoms with Crippen molar-refractivity contribution in [1.82, 2.24) is 10.2 Å². The second kappa shape index (κ2) is 6.53. The SMILES string of the molecule is CC(C)CC(NC1CC(C)N(C)CC1C)C(=O)O. The number of aliphatic carboxylic acids is 1. The molecule has 0 spiro atoms. The van der Waals surface area contributed by atoms with Crippen LogP contribution in [0.15, 0.2) is 0 Å². The molecule has 0 aromatic carbocycles. The number of nitrogens with zero attached hydrogens (tertiary/aromatic N) is 1. The highest BCUT2D eigenvalue weighted by molar-refractivity contribution is 5.73. The van der Waals surface area contributed by atoms with Crippen LogP contribution in [0.4, 0.5) is 0 Å². The highest BCUT2D eigenvalue weighted by Crippen LogP contribution is 2.22. The van der Waals surface area contributed by atoms with Crippen LogP contribution in [0, 0.1) is 11.8 Å². The van der Waals surface area contributed by atoms with Gasteiger partial charge in [0, 0.05) is 18.6 Å². The van der Waals surface area contributed by atoms with Gasteiger partial charge >= 0.3 is 5.97 Å². The number of carboxylic acid groups (broad SMARTS) is 1. The number of likely N-dealkylation sites (tertiary alicyclic amines) is 1. The first kappa shape index (κ1) is 15.4. The summed E-state index contributed by atoms with van der Waals surface area (Å²) in [7, 11) is 2.14. The van der Waals surface area contributed by atoms with Crippen molar-refractivity contribution in [3.63, 3.8) is 0 Å². The largest absolute Gasteiger partial charge is 0.480 e. The first-order valence-electron chi connectivity index (χ1n) is 7.00. The molecule has 4 unspecified atom stereocenters. The maximum absolute atomic E-state index is 11.3. The molecular formula is C14H28N2O2. The molecule has 1 heterocycles. The van der Waals surface area contributed by atoms with Crippen molar-refractivity contribution in [3.8, 4) is 0 Å². The zero-order valence-corrected chi connectivity index (χ0v) is 12.3. The molecule has 0 aromatic rings. The fourth-order valence-electron chi connectivity index (χ4n) is 2.74. The van der Waals surface area contributed by atoms with Crippen LogP contribution in [-0.4, -0.2) is 47.7 Å². The molecule has 1 saturated heterocycles. The Bertz CT molecular complexity index is 281. The van der Waals surface area contributed by atoms with Crippen LogP contribution in [0.5, 0.6) is 0 Å². The summed E-state index contributed by atoms with van der Waals surface area (Å²) in [5.74, 6) is 0.181. The third-order valence-corrected chi connectivity index (χ3v) is 4.03. The first-order chi connectivity index (χ1) is 8.31. The van der Waals surface area contributed by atoms with E-state index in [1.165, 1.54) is 0 Å². The van der Waals surface area contributed by atoms with Gasteiger partial charge in [-0.3, -0.25) is 4.79 Å². The van der Waals surface area contributed by atoms with Crippen LogP contribution in [0.1, 0.15) is 40.5 Å². The fraction of sp³-hybridized carbons (Fsp3) is 0.929. The van der Waals surface area contributed by atoms with E-state index in [1.807, 2.05) is 0 Å². The van der Waals surface area contributed by atoms with Gasteiger partial charge in [-0.2, -0.15) is 0 Å². The number of nitrogens with one attached hydrogen (secondary N) is 1. The van der Waals surface area contributed by atoms with E-state index in [2.05, 4.69) is 45.0 Å². The summed E-state index contributed by atoms with van der Waals surface area (Å²) in [5.41, 5.74) is 0. The van der Waals surface area contributed by atoms with Crippen molar-refractivity contribution in [2.75, 3.05) is 13.6 Å². The number of piperidine rings is 1. The lowest BCUT2D eigenvalue weighted by Gasteiger charge is -2.41. The van der Waals surface area contributed by atoms with Crippen molar-refractivity contribution in [1.29, 1.82) is 0 Å². The smallest absolute Gasteiger partial charge is 0.320 e. The molecule has 0 aromatic heterocycles. The minimum atomic E-state index is -0.720. The van der Waals surface area contributed by atoms with Gasteiger partial charge in [0.1, 0.15) is 6.04 Å². The molecule has 106 valence electrons. The average molecular weight is 256 g/mol. The van der Waals surface area contributed by atoms with Gasteiger partial charge in [0.25, 0.3) is 0 Å². The standard InChI is InChI=1S/C14H28N2O2/c1-9(2)6-13(14(17)18)15-12-7-11(4)16(5)8-10(12)3/h9-13,15H,6-8H2,1-5H3,(H,17,18). The molecule has 4 atom stereocenters. The molecule has 0 aliphatic carbocycles. The molecule has 0 bridgehead atoms. The Labute approximate surface area is 111 Å². The second-order valence-electron chi connectivity index (χ2n) is 6.30. The third kappa shape index (κ3) is 4.25. The minimum absolute atomic E-state index is 0.316. The summed E-state index contributed by atoms with van der Waals surface area (Å²) in [6.07, 6.45) is 1.72. The lowest BCUT2D eigenvalue weighted by Crippen LogP contribution is -2.55. The predicted octanol–water partition coefficient (Wildman–Crippen LogP) is 1.80. The van der Waals surface area contributed by atoms with Crippen LogP contribution >= 0.6 is 0 Å². The maximum atomic E-state index is 11.3. The molecule has 0 saturated carbocycles. The Morgan fingerprint density at radius 2 is 2.06 bits per heavy atom. The minimum Gasteiger partial charge on any atom is -0.480 e. The topological polar surface area (TPSA) is 52.6 Å². The summed E-state index contributed by atoms with van der Waals surface area (Å²) >= 11 is 0. The third-order valence-electron chi connectivity index (χ3n) is 4.03. The summed E-state index contributed by atoms with van der Waals surface area (Å²) in [6.45, 7) is 9.58. The van der Waals surface area contributed by atoms with Crippen molar-refractivity contribution in [2.24, 2.45) is 11.8 Å². The Morgan fingerprint density at radius 1 is 1.44 bits per heavy atom. The van der Waals surface area contributed by atoms with Gasteiger partial charge in [0.05, 0.1) is 0 Å². The number of rotatable bonds is 5. The molecule has 1 aliphatic rings. The van der Waals surface area contributed by atoms with Crippen LogP contribution in [0.3, 0.4) is 0 Å². The second-order valence-corrected chi connectivity index (χ2v) is 6.30. The normalized spacial score (nSPS) is 31.6. The van der Waals surface area contributed by atoms with Crippen molar-refractivity contribution in [2.45, 2.75) is 58.7 Å². The Kier molecular flexibility index (Phi) is 5.60. The van der Waals surface area contributed by atoms with Crippen molar-refractivity contribution >= 4 is 5.97 Å². The first-order valence-corrected chi connectivity index (χ1v) is 7.00. The van der Waals surface area contributed by atoms with Gasteiger partial charge in [0.15, 0.2) is 0 Å². The van der Waals surface area contributed by atoms with E-state index in [0.717, 1.165) is 13.0 Å². The Morgan fingerprint density at radius 3 is 2.56 bits per heavy atom. The van der Waals surface area contributed by atoms with Gasteiger partial charge in [-0.15, -0.1) is 0 Å². The van der Waals surface area contributed by atoms with Crippen LogP contribution in [-0.2, 0) is 4.79 Å². The molecule has 0 radical (unpaired) electrons. The van der Waals surface area contributed by atoms with Crippen LogP contribution in [0.2, 0.25) is 0 Å². The molecule has 1 rings (SSSR count). The number of carboxylic acids is 1. The lowest BCUT2D eigenvalue weighted by atomic mass is 9.88. The molecule has 4 heteroatoms. The average Bonchev–Trinajstić information content (AvgIpc) is 2.23. The van der Waals surface area contributed by atoms with Gasteiger partial charge in [-0.05, 0) is 38.6 Å². The van der Waals surface area contributed by atoms with Crippen LogP contribution < -0.4 is 5.32 Å². The number of hydrogen-bond donors (Lipinski definition) is 2. The monoisotopic (exact) mass is 256 g/mol. The highest BCUT2D eigenvalue weighted by Gasteiger charge is 2.32. The predicted molar refractivity (Wildman–Crippen MR) is 73.7 cm³/mol. The summed E-state index contributed by atoms with van der Waals surface area (Å²) in [4.78, 5) is 13.6. The van der Waals surface area contributed by atoms with Gasteiger partial charge in [0.2, 0.25) is 0 Å². The summed E-state index contributed by atoms with van der Waals surface area (Å²) < 4.78 is 0. The summed E-state index contributed by atoms with van der Waals surface area (Å²) in [6, 6.07) is 0.427. The summed E-state index contributed by atoms with van der Waals surface area (Å²) in [5, 5.41) is 12.6. The molecule has 18 heavy (non-hydrogen) atoms. The molecule has 0 amide bonds. The Hall–Kier alpha value is -0.610. The van der Waals surface area contributed by atoms with Crippen molar-refractivity contribution < 1.29 is 9.90 Å².